The van der Waals surface area contributed by atoms with Gasteiger partial charge in [-0.3, -0.25) is 4.79 Å². The third kappa shape index (κ3) is 7.49. The fraction of sp³-hybridized carbons (Fsp3) is 0.917. The fourth-order valence-corrected chi connectivity index (χ4v) is 3.56. The van der Waals surface area contributed by atoms with Crippen molar-refractivity contribution >= 4 is 15.7 Å². The van der Waals surface area contributed by atoms with Crippen LogP contribution in [0.25, 0.3) is 0 Å². The molecule has 1 aliphatic heterocycles. The maximum Gasteiger partial charge on any atom is 0.218 e. The van der Waals surface area contributed by atoms with E-state index >= 15 is 0 Å². The molecule has 1 heterocycles. The van der Waals surface area contributed by atoms with Crippen LogP contribution in [-0.4, -0.2) is 64.0 Å². The number of sulfone groups is 1. The highest BCUT2D eigenvalue weighted by atomic mass is 32.2. The third-order valence-electron chi connectivity index (χ3n) is 3.47. The molecular formula is C12H25N3O3S. The van der Waals surface area contributed by atoms with Gasteiger partial charge in [-0.25, -0.2) is 8.42 Å². The number of nitrogens with zero attached hydrogens (tertiary/aromatic N) is 1. The van der Waals surface area contributed by atoms with Crippen LogP contribution < -0.4 is 11.1 Å². The van der Waals surface area contributed by atoms with Crippen LogP contribution in [0.2, 0.25) is 0 Å². The summed E-state index contributed by atoms with van der Waals surface area (Å²) < 4.78 is 23.4. The third-order valence-corrected chi connectivity index (χ3v) is 5.10. The van der Waals surface area contributed by atoms with E-state index in [-0.39, 0.29) is 17.9 Å². The van der Waals surface area contributed by atoms with Crippen molar-refractivity contribution < 1.29 is 13.2 Å². The van der Waals surface area contributed by atoms with Gasteiger partial charge in [-0.2, -0.15) is 0 Å². The highest BCUT2D eigenvalue weighted by molar-refractivity contribution is 7.91. The minimum absolute atomic E-state index is 0.0830. The van der Waals surface area contributed by atoms with Crippen LogP contribution in [0.1, 0.15) is 19.3 Å². The Labute approximate surface area is 115 Å². The van der Waals surface area contributed by atoms with E-state index in [1.807, 2.05) is 7.05 Å². The van der Waals surface area contributed by atoms with E-state index in [0.717, 1.165) is 32.5 Å². The van der Waals surface area contributed by atoms with Crippen molar-refractivity contribution in [3.05, 3.63) is 0 Å². The van der Waals surface area contributed by atoms with E-state index in [2.05, 4.69) is 10.2 Å². The Morgan fingerprint density at radius 3 is 2.53 bits per heavy atom. The van der Waals surface area contributed by atoms with Crippen molar-refractivity contribution in [3.63, 3.8) is 0 Å². The Kier molecular flexibility index (Phi) is 6.74. The summed E-state index contributed by atoms with van der Waals surface area (Å²) in [4.78, 5) is 12.7. The van der Waals surface area contributed by atoms with Crippen molar-refractivity contribution in [1.29, 1.82) is 0 Å². The van der Waals surface area contributed by atoms with Crippen LogP contribution >= 0.6 is 0 Å². The molecule has 0 radical (unpaired) electrons. The van der Waals surface area contributed by atoms with Crippen LogP contribution in [0.3, 0.4) is 0 Å². The van der Waals surface area contributed by atoms with Gasteiger partial charge in [0, 0.05) is 19.5 Å². The van der Waals surface area contributed by atoms with Crippen molar-refractivity contribution in [2.45, 2.75) is 19.3 Å². The number of rotatable bonds is 8. The quantitative estimate of drug-likeness (QED) is 0.611. The fourth-order valence-electron chi connectivity index (χ4n) is 2.25. The summed E-state index contributed by atoms with van der Waals surface area (Å²) >= 11 is 0. The summed E-state index contributed by atoms with van der Waals surface area (Å²) in [7, 11) is -1.22. The molecule has 1 aliphatic rings. The second-order valence-electron chi connectivity index (χ2n) is 5.32. The van der Waals surface area contributed by atoms with Gasteiger partial charge in [0.1, 0.15) is 0 Å². The van der Waals surface area contributed by atoms with Crippen molar-refractivity contribution in [2.75, 3.05) is 44.7 Å². The largest absolute Gasteiger partial charge is 0.370 e. The normalized spacial score (nSPS) is 17.8. The number of carbonyl (C=O) groups excluding carboxylic acids is 1. The second kappa shape index (κ2) is 7.81. The first-order chi connectivity index (χ1) is 8.89. The highest BCUT2D eigenvalue weighted by Gasteiger charge is 2.17. The van der Waals surface area contributed by atoms with Gasteiger partial charge in [-0.05, 0) is 38.9 Å². The van der Waals surface area contributed by atoms with E-state index in [1.54, 1.807) is 0 Å². The number of amides is 1. The molecule has 19 heavy (non-hydrogen) atoms. The van der Waals surface area contributed by atoms with E-state index < -0.39 is 15.7 Å². The standard InChI is InChI=1S/C12H25N3O3S/c1-15(10-11-2-5-14-6-3-11)7-9-19(17,18)8-4-12(13)16/h11,14H,2-10H2,1H3,(H2,13,16). The number of nitrogens with two attached hydrogens (primary N) is 1. The SMILES string of the molecule is CN(CCS(=O)(=O)CCC(N)=O)CC1CCNCC1. The Morgan fingerprint density at radius 1 is 1.32 bits per heavy atom. The molecule has 0 atom stereocenters. The smallest absolute Gasteiger partial charge is 0.218 e. The molecule has 6 nitrogen and oxygen atoms in total. The number of nitrogens with one attached hydrogen (secondary N) is 1. The number of hydrogen-bond donors (Lipinski definition) is 2. The molecule has 0 aromatic rings. The molecule has 0 unspecified atom stereocenters. The average molecular weight is 291 g/mol. The Bertz CT molecular complexity index is 378. The van der Waals surface area contributed by atoms with Crippen LogP contribution in [0, 0.1) is 5.92 Å². The van der Waals surface area contributed by atoms with Gasteiger partial charge in [0.15, 0.2) is 9.84 Å². The zero-order chi connectivity index (χ0) is 14.3. The van der Waals surface area contributed by atoms with Gasteiger partial charge >= 0.3 is 0 Å². The van der Waals surface area contributed by atoms with Crippen molar-refractivity contribution in [1.82, 2.24) is 10.2 Å². The molecular weight excluding hydrogens is 266 g/mol. The summed E-state index contributed by atoms with van der Waals surface area (Å²) in [5.74, 6) is 0.0526. The van der Waals surface area contributed by atoms with Gasteiger partial charge in [-0.1, -0.05) is 0 Å². The highest BCUT2D eigenvalue weighted by Crippen LogP contribution is 2.12. The monoisotopic (exact) mass is 291 g/mol. The Balaban J connectivity index is 2.24. The number of hydrogen-bond acceptors (Lipinski definition) is 5. The van der Waals surface area contributed by atoms with Crippen molar-refractivity contribution in [3.8, 4) is 0 Å². The predicted molar refractivity (Wildman–Crippen MR) is 75.6 cm³/mol. The molecule has 7 heteroatoms. The lowest BCUT2D eigenvalue weighted by Crippen LogP contribution is -2.36. The van der Waals surface area contributed by atoms with Gasteiger partial charge in [0.25, 0.3) is 0 Å². The van der Waals surface area contributed by atoms with Gasteiger partial charge in [0.2, 0.25) is 5.91 Å². The van der Waals surface area contributed by atoms with Crippen LogP contribution in [0.15, 0.2) is 0 Å². The minimum Gasteiger partial charge on any atom is -0.370 e. The second-order valence-corrected chi connectivity index (χ2v) is 7.63. The molecule has 3 N–H and O–H groups in total. The minimum atomic E-state index is -3.17. The molecule has 1 saturated heterocycles. The number of primary amides is 1. The maximum absolute atomic E-state index is 11.7. The van der Waals surface area contributed by atoms with E-state index in [0.29, 0.717) is 12.5 Å². The summed E-state index contributed by atoms with van der Waals surface area (Å²) in [6.45, 7) is 3.56. The van der Waals surface area contributed by atoms with Gasteiger partial charge in [0.05, 0.1) is 11.5 Å². The van der Waals surface area contributed by atoms with E-state index in [4.69, 9.17) is 5.73 Å². The van der Waals surface area contributed by atoms with E-state index in [9.17, 15) is 13.2 Å². The molecule has 0 spiro atoms. The molecule has 0 aromatic heterocycles. The molecule has 0 saturated carbocycles. The first kappa shape index (κ1) is 16.4. The summed E-state index contributed by atoms with van der Waals surface area (Å²) in [5.41, 5.74) is 4.96. The van der Waals surface area contributed by atoms with Crippen LogP contribution in [0.4, 0.5) is 0 Å². The average Bonchev–Trinajstić information content (AvgIpc) is 2.36. The van der Waals surface area contributed by atoms with E-state index in [1.165, 1.54) is 0 Å². The zero-order valence-corrected chi connectivity index (χ0v) is 12.4. The maximum atomic E-state index is 11.7. The molecule has 1 fully saturated rings. The molecule has 1 rings (SSSR count). The molecule has 0 bridgehead atoms. The first-order valence-corrected chi connectivity index (χ1v) is 8.59. The Hall–Kier alpha value is -0.660. The van der Waals surface area contributed by atoms with Crippen LogP contribution in [0.5, 0.6) is 0 Å². The predicted octanol–water partition coefficient (Wildman–Crippen LogP) is -0.792. The first-order valence-electron chi connectivity index (χ1n) is 6.77. The van der Waals surface area contributed by atoms with Gasteiger partial charge in [-0.15, -0.1) is 0 Å². The summed E-state index contributed by atoms with van der Waals surface area (Å²) in [5, 5.41) is 3.31. The van der Waals surface area contributed by atoms with Crippen LogP contribution in [-0.2, 0) is 14.6 Å². The number of carbonyl (C=O) groups is 1. The Morgan fingerprint density at radius 2 is 1.95 bits per heavy atom. The summed E-state index contributed by atoms with van der Waals surface area (Å²) in [6, 6.07) is 0. The van der Waals surface area contributed by atoms with Crippen molar-refractivity contribution in [2.24, 2.45) is 11.7 Å². The zero-order valence-electron chi connectivity index (χ0n) is 11.6. The number of piperidine rings is 1. The topological polar surface area (TPSA) is 92.5 Å². The lowest BCUT2D eigenvalue weighted by molar-refractivity contribution is -0.117. The lowest BCUT2D eigenvalue weighted by Gasteiger charge is -2.27. The molecule has 0 aliphatic carbocycles. The van der Waals surface area contributed by atoms with Gasteiger partial charge < -0.3 is 16.0 Å². The molecule has 1 amide bonds. The summed E-state index contributed by atoms with van der Waals surface area (Å²) in [6.07, 6.45) is 2.22. The molecule has 112 valence electrons. The molecule has 0 aromatic carbocycles. The lowest BCUT2D eigenvalue weighted by atomic mass is 9.98.